The predicted octanol–water partition coefficient (Wildman–Crippen LogP) is 3.75. The summed E-state index contributed by atoms with van der Waals surface area (Å²) in [6.45, 7) is 5.11. The second-order valence-corrected chi connectivity index (χ2v) is 6.49. The van der Waals surface area contributed by atoms with Gasteiger partial charge in [0.05, 0.1) is 11.4 Å². The number of carbonyl (C=O) groups is 2. The van der Waals surface area contributed by atoms with Gasteiger partial charge < -0.3 is 10.6 Å². The largest absolute Gasteiger partial charge is 0.326 e. The third-order valence-corrected chi connectivity index (χ3v) is 4.38. The highest BCUT2D eigenvalue weighted by Gasteiger charge is 2.18. The molecule has 0 aliphatic rings. The van der Waals surface area contributed by atoms with Gasteiger partial charge in [-0.25, -0.2) is 4.68 Å². The number of carbonyl (C=O) groups excluding carboxylic acids is 2. The lowest BCUT2D eigenvalue weighted by Crippen LogP contribution is -2.14. The van der Waals surface area contributed by atoms with Crippen LogP contribution in [-0.2, 0) is 4.79 Å². The third kappa shape index (κ3) is 4.15. The van der Waals surface area contributed by atoms with Gasteiger partial charge in [-0.2, -0.15) is 0 Å². The maximum absolute atomic E-state index is 12.5. The van der Waals surface area contributed by atoms with Crippen molar-refractivity contribution in [1.82, 2.24) is 15.0 Å². The van der Waals surface area contributed by atoms with Gasteiger partial charge >= 0.3 is 0 Å². The Labute approximate surface area is 161 Å². The normalized spacial score (nSPS) is 10.5. The summed E-state index contributed by atoms with van der Waals surface area (Å²) in [5.74, 6) is -0.528. The summed E-state index contributed by atoms with van der Waals surface area (Å²) < 4.78 is 1.57. The van der Waals surface area contributed by atoms with E-state index in [1.165, 1.54) is 6.92 Å². The summed E-state index contributed by atoms with van der Waals surface area (Å²) >= 11 is 6.17. The molecular weight excluding hydrogens is 366 g/mol. The first kappa shape index (κ1) is 18.6. The van der Waals surface area contributed by atoms with Gasteiger partial charge in [-0.05, 0) is 55.8 Å². The number of amides is 2. The first-order valence-corrected chi connectivity index (χ1v) is 8.61. The monoisotopic (exact) mass is 383 g/mol. The van der Waals surface area contributed by atoms with Crippen LogP contribution >= 0.6 is 11.6 Å². The highest BCUT2D eigenvalue weighted by Crippen LogP contribution is 2.21. The van der Waals surface area contributed by atoms with Crippen molar-refractivity contribution in [2.75, 3.05) is 10.6 Å². The van der Waals surface area contributed by atoms with Crippen LogP contribution in [0.1, 0.15) is 28.7 Å². The Kier molecular flexibility index (Phi) is 5.23. The van der Waals surface area contributed by atoms with Crippen LogP contribution in [0.3, 0.4) is 0 Å². The highest BCUT2D eigenvalue weighted by molar-refractivity contribution is 6.31. The van der Waals surface area contributed by atoms with Gasteiger partial charge in [0.1, 0.15) is 0 Å². The molecule has 138 valence electrons. The Morgan fingerprint density at radius 3 is 2.22 bits per heavy atom. The first-order valence-electron chi connectivity index (χ1n) is 8.23. The van der Waals surface area contributed by atoms with Crippen LogP contribution in [0.25, 0.3) is 5.69 Å². The summed E-state index contributed by atoms with van der Waals surface area (Å²) in [7, 11) is 0. The molecule has 3 aromatic rings. The Morgan fingerprint density at radius 1 is 1.00 bits per heavy atom. The van der Waals surface area contributed by atoms with E-state index in [1.54, 1.807) is 41.9 Å². The number of halogens is 1. The first-order chi connectivity index (χ1) is 12.8. The number of nitrogens with one attached hydrogen (secondary N) is 2. The van der Waals surface area contributed by atoms with Crippen molar-refractivity contribution in [1.29, 1.82) is 0 Å². The second-order valence-electron chi connectivity index (χ2n) is 6.08. The summed E-state index contributed by atoms with van der Waals surface area (Å²) in [5, 5.41) is 14.1. The van der Waals surface area contributed by atoms with Gasteiger partial charge in [-0.1, -0.05) is 22.9 Å². The Balaban J connectivity index is 1.78. The molecule has 7 nitrogen and oxygen atoms in total. The number of rotatable bonds is 4. The fraction of sp³-hybridized carbons (Fsp3) is 0.158. The van der Waals surface area contributed by atoms with E-state index in [4.69, 9.17) is 11.6 Å². The second kappa shape index (κ2) is 7.59. The minimum Gasteiger partial charge on any atom is -0.326 e. The Hall–Kier alpha value is -3.19. The fourth-order valence-electron chi connectivity index (χ4n) is 2.53. The van der Waals surface area contributed by atoms with Crippen molar-refractivity contribution in [2.24, 2.45) is 0 Å². The lowest BCUT2D eigenvalue weighted by Gasteiger charge is -2.07. The molecule has 0 unspecified atom stereocenters. The van der Waals surface area contributed by atoms with Crippen molar-refractivity contribution < 1.29 is 9.59 Å². The van der Waals surface area contributed by atoms with E-state index in [2.05, 4.69) is 20.9 Å². The van der Waals surface area contributed by atoms with Crippen LogP contribution in [0, 0.1) is 13.8 Å². The van der Waals surface area contributed by atoms with Gasteiger partial charge in [-0.15, -0.1) is 5.10 Å². The Bertz CT molecular complexity index is 1010. The molecule has 2 amide bonds. The van der Waals surface area contributed by atoms with Crippen LogP contribution in [0.15, 0.2) is 42.5 Å². The molecule has 0 spiro atoms. The fourth-order valence-corrected chi connectivity index (χ4v) is 2.70. The SMILES string of the molecule is CC(=O)Nc1ccc(NC(=O)c2nnn(-c3ccc(C)c(Cl)c3)c2C)cc1. The van der Waals surface area contributed by atoms with E-state index in [9.17, 15) is 9.59 Å². The number of hydrogen-bond donors (Lipinski definition) is 2. The van der Waals surface area contributed by atoms with E-state index in [1.807, 2.05) is 19.1 Å². The number of hydrogen-bond acceptors (Lipinski definition) is 4. The van der Waals surface area contributed by atoms with E-state index in [-0.39, 0.29) is 17.5 Å². The quantitative estimate of drug-likeness (QED) is 0.718. The van der Waals surface area contributed by atoms with Crippen molar-refractivity contribution >= 4 is 34.8 Å². The predicted molar refractivity (Wildman–Crippen MR) is 105 cm³/mol. The summed E-state index contributed by atoms with van der Waals surface area (Å²) in [6.07, 6.45) is 0. The van der Waals surface area contributed by atoms with Gasteiger partial charge in [0.25, 0.3) is 5.91 Å². The molecule has 0 fully saturated rings. The minimum atomic E-state index is -0.371. The van der Waals surface area contributed by atoms with E-state index < -0.39 is 0 Å². The molecule has 2 aromatic carbocycles. The lowest BCUT2D eigenvalue weighted by molar-refractivity contribution is -0.114. The zero-order valence-corrected chi connectivity index (χ0v) is 15.8. The smallest absolute Gasteiger partial charge is 0.278 e. The topological polar surface area (TPSA) is 88.9 Å². The zero-order chi connectivity index (χ0) is 19.6. The maximum Gasteiger partial charge on any atom is 0.278 e. The van der Waals surface area contributed by atoms with Crippen LogP contribution in [0.5, 0.6) is 0 Å². The van der Waals surface area contributed by atoms with Crippen molar-refractivity contribution in [3.05, 3.63) is 64.4 Å². The minimum absolute atomic E-state index is 0.157. The molecule has 3 rings (SSSR count). The number of nitrogens with zero attached hydrogens (tertiary/aromatic N) is 3. The van der Waals surface area contributed by atoms with Gasteiger partial charge in [0, 0.05) is 23.3 Å². The molecule has 8 heteroatoms. The maximum atomic E-state index is 12.5. The number of anilines is 2. The number of aryl methyl sites for hydroxylation is 1. The molecule has 0 aliphatic carbocycles. The van der Waals surface area contributed by atoms with Crippen LogP contribution in [0.2, 0.25) is 5.02 Å². The molecule has 2 N–H and O–H groups in total. The average molecular weight is 384 g/mol. The van der Waals surface area contributed by atoms with E-state index >= 15 is 0 Å². The number of aromatic nitrogens is 3. The van der Waals surface area contributed by atoms with Crippen LogP contribution in [0.4, 0.5) is 11.4 Å². The molecule has 0 saturated carbocycles. The number of benzene rings is 2. The van der Waals surface area contributed by atoms with Gasteiger partial charge in [0.15, 0.2) is 5.69 Å². The molecule has 1 heterocycles. The molecule has 0 saturated heterocycles. The lowest BCUT2D eigenvalue weighted by atomic mass is 10.2. The van der Waals surface area contributed by atoms with Gasteiger partial charge in [0.2, 0.25) is 5.91 Å². The van der Waals surface area contributed by atoms with Crippen molar-refractivity contribution in [2.45, 2.75) is 20.8 Å². The summed E-state index contributed by atoms with van der Waals surface area (Å²) in [4.78, 5) is 23.6. The standard InChI is InChI=1S/C19H18ClN5O2/c1-11-4-9-16(10-17(11)20)25-12(2)18(23-24-25)19(27)22-15-7-5-14(6-8-15)21-13(3)26/h4-10H,1-3H3,(H,21,26)(H,22,27). The molecule has 0 bridgehead atoms. The molecule has 27 heavy (non-hydrogen) atoms. The van der Waals surface area contributed by atoms with E-state index in [0.717, 1.165) is 11.3 Å². The van der Waals surface area contributed by atoms with E-state index in [0.29, 0.717) is 22.1 Å². The third-order valence-electron chi connectivity index (χ3n) is 3.97. The average Bonchev–Trinajstić information content (AvgIpc) is 3.00. The molecular formula is C19H18ClN5O2. The van der Waals surface area contributed by atoms with Crippen LogP contribution < -0.4 is 10.6 Å². The van der Waals surface area contributed by atoms with Crippen molar-refractivity contribution in [3.8, 4) is 5.69 Å². The molecule has 0 aliphatic heterocycles. The summed E-state index contributed by atoms with van der Waals surface area (Å²) in [6, 6.07) is 12.3. The van der Waals surface area contributed by atoms with Gasteiger partial charge in [-0.3, -0.25) is 9.59 Å². The molecule has 0 atom stereocenters. The zero-order valence-electron chi connectivity index (χ0n) is 15.1. The molecule has 1 aromatic heterocycles. The Morgan fingerprint density at radius 2 is 1.63 bits per heavy atom. The molecule has 0 radical (unpaired) electrons. The van der Waals surface area contributed by atoms with Crippen LogP contribution in [-0.4, -0.2) is 26.8 Å². The highest BCUT2D eigenvalue weighted by atomic mass is 35.5. The summed E-state index contributed by atoms with van der Waals surface area (Å²) in [5.41, 5.74) is 3.74. The van der Waals surface area contributed by atoms with Crippen molar-refractivity contribution in [3.63, 3.8) is 0 Å².